The molecule has 0 aromatic heterocycles. The molecule has 648 valence electrons. The zero-order chi connectivity index (χ0) is 91.7. The highest BCUT2D eigenvalue weighted by Crippen LogP contribution is 2.62. The van der Waals surface area contributed by atoms with E-state index in [-0.39, 0.29) is 5.41 Å². The van der Waals surface area contributed by atoms with Gasteiger partial charge >= 0.3 is 0 Å². The van der Waals surface area contributed by atoms with Gasteiger partial charge in [-0.15, -0.1) is 0 Å². The van der Waals surface area contributed by atoms with Crippen molar-refractivity contribution in [1.29, 1.82) is 0 Å². The summed E-state index contributed by atoms with van der Waals surface area (Å²) in [7, 11) is 0. The monoisotopic (exact) mass is 1870 g/mol. The lowest BCUT2D eigenvalue weighted by atomic mass is 9.67. The predicted octanol–water partition coefficient (Wildman–Crippen LogP) is 35.8. The highest BCUT2D eigenvalue weighted by molar-refractivity contribution is 9.11. The molecule has 0 radical (unpaired) electrons. The molecule has 2 nitrogen and oxygen atoms in total. The molecule has 3 aliphatic carbocycles. The molecule has 0 unspecified atom stereocenters. The number of hydrogen-bond acceptors (Lipinski definition) is 2. The van der Waals surface area contributed by atoms with Crippen molar-refractivity contribution in [3.63, 3.8) is 0 Å². The third kappa shape index (κ3) is 13.5. The zero-order valence-corrected chi connectivity index (χ0v) is 79.9. The van der Waals surface area contributed by atoms with E-state index in [1.807, 2.05) is 0 Å². The molecule has 23 aromatic carbocycles. The molecule has 0 spiro atoms. The maximum atomic E-state index is 3.65. The van der Waals surface area contributed by atoms with Crippen molar-refractivity contribution in [3.05, 3.63) is 581 Å². The van der Waals surface area contributed by atoms with Crippen LogP contribution < -0.4 is 9.80 Å². The lowest BCUT2D eigenvalue weighted by Gasteiger charge is -2.36. The number of nitrogens with zero attached hydrogens (tertiary/aromatic N) is 2. The van der Waals surface area contributed by atoms with Gasteiger partial charge in [-0.2, -0.15) is 0 Å². The fourth-order valence-electron chi connectivity index (χ4n) is 23.7. The number of halogens is 2. The predicted molar refractivity (Wildman–Crippen MR) is 581 cm³/mol. The average molecular weight is 1870 g/mol. The number of anilines is 6. The van der Waals surface area contributed by atoms with Gasteiger partial charge in [0.25, 0.3) is 0 Å². The summed E-state index contributed by atoms with van der Waals surface area (Å²) in [6, 6.07) is 173. The fraction of sp³-hybridized carbons (Fsp3) is 0.0758. The maximum absolute atomic E-state index is 3.65. The van der Waals surface area contributed by atoms with Crippen molar-refractivity contribution in [2.45, 2.75) is 64.2 Å². The Kier molecular flexibility index (Phi) is 20.8. The Hall–Kier alpha value is -15.3. The van der Waals surface area contributed by atoms with E-state index in [9.17, 15) is 0 Å². The fourth-order valence-corrected chi connectivity index (χ4v) is 24.6. The normalized spacial score (nSPS) is 13.2. The van der Waals surface area contributed by atoms with Gasteiger partial charge in [-0.3, -0.25) is 0 Å². The van der Waals surface area contributed by atoms with Crippen LogP contribution in [0.1, 0.15) is 111 Å². The number of aryl methyl sites for hydroxylation is 6. The van der Waals surface area contributed by atoms with Crippen LogP contribution in [0.25, 0.3) is 98.0 Å². The van der Waals surface area contributed by atoms with Crippen LogP contribution in [-0.4, -0.2) is 0 Å². The van der Waals surface area contributed by atoms with Crippen LogP contribution in [0.3, 0.4) is 0 Å². The second-order valence-electron chi connectivity index (χ2n) is 37.6. The van der Waals surface area contributed by atoms with Crippen LogP contribution in [0.2, 0.25) is 0 Å². The summed E-state index contributed by atoms with van der Waals surface area (Å²) in [4.78, 5) is 5.02. The summed E-state index contributed by atoms with van der Waals surface area (Å²) < 4.78 is 2.31. The summed E-state index contributed by atoms with van der Waals surface area (Å²) in [6.45, 7) is 13.2. The van der Waals surface area contributed by atoms with Gasteiger partial charge in [0, 0.05) is 42.5 Å². The third-order valence-electron chi connectivity index (χ3n) is 29.3. The first-order valence-electron chi connectivity index (χ1n) is 47.3. The van der Waals surface area contributed by atoms with Gasteiger partial charge < -0.3 is 9.80 Å². The van der Waals surface area contributed by atoms with Crippen LogP contribution in [0.5, 0.6) is 0 Å². The van der Waals surface area contributed by atoms with Crippen molar-refractivity contribution < 1.29 is 0 Å². The molecule has 23 aromatic rings. The maximum Gasteiger partial charge on any atom is 0.0714 e. The smallest absolute Gasteiger partial charge is 0.0714 e. The molecule has 3 aliphatic rings. The molecule has 26 rings (SSSR count). The van der Waals surface area contributed by atoms with E-state index in [1.54, 1.807) is 0 Å². The molecule has 0 bridgehead atoms. The number of fused-ring (bicyclic) bond motifs is 9. The second-order valence-corrected chi connectivity index (χ2v) is 39.3. The highest BCUT2D eigenvalue weighted by Gasteiger charge is 2.50. The molecule has 0 saturated carbocycles. The molecule has 0 heterocycles. The van der Waals surface area contributed by atoms with Gasteiger partial charge in [0.1, 0.15) is 0 Å². The lowest BCUT2D eigenvalue weighted by Crippen LogP contribution is -2.29. The van der Waals surface area contributed by atoms with Crippen molar-refractivity contribution in [1.82, 2.24) is 0 Å². The Morgan fingerprint density at radius 1 is 0.191 bits per heavy atom. The molecule has 0 aliphatic heterocycles. The number of rotatable bonds is 14. The molecule has 136 heavy (non-hydrogen) atoms. The summed E-state index contributed by atoms with van der Waals surface area (Å²) in [6.07, 6.45) is 0.933. The third-order valence-corrected chi connectivity index (χ3v) is 30.7. The van der Waals surface area contributed by atoms with E-state index >= 15 is 0 Å². The van der Waals surface area contributed by atoms with E-state index in [2.05, 4.69) is 544 Å². The minimum Gasteiger partial charge on any atom is -0.310 e. The molecule has 0 saturated heterocycles. The van der Waals surface area contributed by atoms with Gasteiger partial charge in [-0.05, 0) is 297 Å². The molecule has 4 heteroatoms. The van der Waals surface area contributed by atoms with Crippen LogP contribution in [0, 0.1) is 41.5 Å². The van der Waals surface area contributed by atoms with Crippen molar-refractivity contribution in [3.8, 4) is 33.4 Å². The Morgan fingerprint density at radius 3 is 0.750 bits per heavy atom. The Labute approximate surface area is 812 Å². The summed E-state index contributed by atoms with van der Waals surface area (Å²) >= 11 is 7.30. The highest BCUT2D eigenvalue weighted by atomic mass is 79.9. The summed E-state index contributed by atoms with van der Waals surface area (Å²) in [5.74, 6) is 0. The molecule has 0 amide bonds. The first-order chi connectivity index (χ1) is 66.7. The second kappa shape index (κ2) is 33.7. The van der Waals surface area contributed by atoms with E-state index in [0.29, 0.717) is 0 Å². The minimum atomic E-state index is -0.553. The quantitative estimate of drug-likeness (QED) is 0.100. The van der Waals surface area contributed by atoms with Gasteiger partial charge in [-0.25, -0.2) is 0 Å². The summed E-state index contributed by atoms with van der Waals surface area (Å²) in [5.41, 5.74) is 38.9. The van der Waals surface area contributed by atoms with E-state index in [1.165, 1.54) is 209 Å². The molecule has 0 atom stereocenters. The van der Waals surface area contributed by atoms with E-state index < -0.39 is 10.8 Å². The lowest BCUT2D eigenvalue weighted by molar-refractivity contribution is 0.765. The Bertz CT molecular complexity index is 8160. The largest absolute Gasteiger partial charge is 0.310 e. The van der Waals surface area contributed by atoms with Crippen molar-refractivity contribution >= 4 is 131 Å². The van der Waals surface area contributed by atoms with Crippen LogP contribution in [0.4, 0.5) is 34.1 Å². The minimum absolute atomic E-state index is 0.332. The number of benzene rings is 23. The van der Waals surface area contributed by atoms with Crippen molar-refractivity contribution in [2.75, 3.05) is 9.80 Å². The van der Waals surface area contributed by atoms with Gasteiger partial charge in [0.15, 0.2) is 0 Å². The van der Waals surface area contributed by atoms with Crippen molar-refractivity contribution in [2.24, 2.45) is 0 Å². The SMILES string of the molecule is Brc1ccc2ccc3c(Br)ccc4ccc1c2c43.Cc1cccc(Cc2cccc(C3(c4cccc(C)c4)c4ccccc4-c4ccccc43)c2)c1.Cc1cccc(N(c2cccc(C3(c4cccc(C)c4)c4ccccc4-c4ccccc43)c2)c2ccc3ccc4c(N(c5cccc(C)c5)c5cccc(C6(c7cccc(C)c7)c7ccccc7-c7ccccc76)c5)ccc5ccc2c3c54)c1. The molecular formula is C132H96Br2N2. The van der Waals surface area contributed by atoms with Crippen LogP contribution in [0.15, 0.2) is 470 Å². The Morgan fingerprint density at radius 2 is 0.426 bits per heavy atom. The summed E-state index contributed by atoms with van der Waals surface area (Å²) in [5, 5.41) is 15.2. The Balaban J connectivity index is 0.000000157. The van der Waals surface area contributed by atoms with Gasteiger partial charge in [-0.1, -0.05) is 442 Å². The van der Waals surface area contributed by atoms with E-state index in [0.717, 1.165) is 49.5 Å². The van der Waals surface area contributed by atoms with Gasteiger partial charge in [0.2, 0.25) is 0 Å². The van der Waals surface area contributed by atoms with Crippen LogP contribution >= 0.6 is 31.9 Å². The topological polar surface area (TPSA) is 6.48 Å². The first-order valence-corrected chi connectivity index (χ1v) is 48.9. The average Bonchev–Trinajstić information content (AvgIpc) is 1.76. The molecule has 0 N–H and O–H groups in total. The standard InChI is InChI=1S/C82H60N2.C34H28.C16H8Br2/c1-53-19-13-23-59(47-53)81(73-35-9-5-31-67(73)68-32-6-10-36-74(68)81)61-25-17-29-65(51-61)83(63-27-15-21-55(3)49-63)77-45-41-57-40-44-72-78(46-42-58-39-43-71(77)79(57)80(58)72)84(64-28-16-22-56(4)50-64)66-30-18-26-62(52-66)82(60-24-14-20-54(2)48-60)75-37-11-7-33-69(75)70-34-8-12-38-76(70)82;1-24-10-7-12-26(20-24)22-27-13-9-15-29(23-27)34(28-14-8-11-25(2)21-28)32-18-5-3-16-30(32)31-17-4-6-19-33(31)34;17-13-8-4-10-2-6-12-14(18)7-3-9-1-5-11(13)16(10)15(9)12/h5-52H,1-4H3;3-21,23H,22H2,1-2H3;1-8H. The van der Waals surface area contributed by atoms with Crippen LogP contribution in [-0.2, 0) is 22.7 Å². The van der Waals surface area contributed by atoms with Gasteiger partial charge in [0.05, 0.1) is 27.6 Å². The van der Waals surface area contributed by atoms with E-state index in [4.69, 9.17) is 0 Å². The number of hydrogen-bond donors (Lipinski definition) is 0. The first kappa shape index (κ1) is 83.7. The molecular weight excluding hydrogens is 1770 g/mol. The zero-order valence-electron chi connectivity index (χ0n) is 76.7. The molecule has 0 fully saturated rings.